The molecule has 0 spiro atoms. The van der Waals surface area contributed by atoms with Gasteiger partial charge in [0.15, 0.2) is 9.84 Å². The molecule has 0 aromatic rings. The van der Waals surface area contributed by atoms with Crippen LogP contribution in [0.15, 0.2) is 0 Å². The molecule has 9 nitrogen and oxygen atoms in total. The van der Waals surface area contributed by atoms with Crippen molar-refractivity contribution in [3.05, 3.63) is 0 Å². The van der Waals surface area contributed by atoms with Gasteiger partial charge in [0.25, 0.3) is 10.1 Å². The van der Waals surface area contributed by atoms with E-state index in [1.54, 1.807) is 0 Å². The molecular weight excluding hydrogens is 348 g/mol. The molecular formula is C12H25N2O7S2+. The first-order chi connectivity index (χ1) is 10.2. The largest absolute Gasteiger partial charge is 0.391 e. The summed E-state index contributed by atoms with van der Waals surface area (Å²) in [6, 6.07) is 0. The Hall–Kier alpha value is -0.750. The van der Waals surface area contributed by atoms with Crippen LogP contribution in [0.4, 0.5) is 0 Å². The van der Waals surface area contributed by atoms with Crippen LogP contribution < -0.4 is 5.32 Å². The van der Waals surface area contributed by atoms with Crippen molar-refractivity contribution >= 4 is 25.9 Å². The van der Waals surface area contributed by atoms with Gasteiger partial charge in [-0.05, 0) is 6.92 Å². The van der Waals surface area contributed by atoms with E-state index in [9.17, 15) is 26.2 Å². The molecule has 2 atom stereocenters. The Balaban J connectivity index is 2.82. The van der Waals surface area contributed by atoms with Crippen molar-refractivity contribution in [1.29, 1.82) is 0 Å². The van der Waals surface area contributed by atoms with E-state index >= 15 is 0 Å². The third-order valence-electron chi connectivity index (χ3n) is 4.07. The van der Waals surface area contributed by atoms with Gasteiger partial charge in [0.05, 0.1) is 50.7 Å². The molecule has 0 aromatic carbocycles. The average molecular weight is 373 g/mol. The first-order valence-electron chi connectivity index (χ1n) is 7.11. The lowest BCUT2D eigenvalue weighted by atomic mass is 10.0. The maximum absolute atomic E-state index is 12.1. The third kappa shape index (κ3) is 5.68. The fourth-order valence-electron chi connectivity index (χ4n) is 2.72. The van der Waals surface area contributed by atoms with Gasteiger partial charge in [0.1, 0.15) is 11.8 Å². The van der Waals surface area contributed by atoms with Crippen LogP contribution >= 0.6 is 0 Å². The monoisotopic (exact) mass is 373 g/mol. The molecule has 3 N–H and O–H groups in total. The quantitative estimate of drug-likeness (QED) is 0.347. The summed E-state index contributed by atoms with van der Waals surface area (Å²) < 4.78 is 56.0. The van der Waals surface area contributed by atoms with Gasteiger partial charge in [-0.3, -0.25) is 9.35 Å². The summed E-state index contributed by atoms with van der Waals surface area (Å²) in [5.74, 6) is -1.75. The molecule has 1 saturated heterocycles. The van der Waals surface area contributed by atoms with Crippen LogP contribution in [0.1, 0.15) is 13.3 Å². The summed E-state index contributed by atoms with van der Waals surface area (Å²) >= 11 is 0. The van der Waals surface area contributed by atoms with Crippen molar-refractivity contribution in [1.82, 2.24) is 5.32 Å². The number of rotatable bonds is 7. The Morgan fingerprint density at radius 1 is 1.35 bits per heavy atom. The lowest BCUT2D eigenvalue weighted by molar-refractivity contribution is -0.890. The van der Waals surface area contributed by atoms with Gasteiger partial charge in [-0.1, -0.05) is 0 Å². The topological polar surface area (TPSA) is 138 Å². The molecule has 23 heavy (non-hydrogen) atoms. The highest BCUT2D eigenvalue weighted by Crippen LogP contribution is 2.29. The molecule has 136 valence electrons. The number of hydrogen-bond donors (Lipinski definition) is 3. The highest BCUT2D eigenvalue weighted by atomic mass is 32.2. The van der Waals surface area contributed by atoms with Gasteiger partial charge >= 0.3 is 0 Å². The molecule has 1 heterocycles. The van der Waals surface area contributed by atoms with Gasteiger partial charge in [0, 0.05) is 0 Å². The van der Waals surface area contributed by atoms with Gasteiger partial charge < -0.3 is 14.9 Å². The summed E-state index contributed by atoms with van der Waals surface area (Å²) in [5.41, 5.74) is -1.56. The minimum Gasteiger partial charge on any atom is -0.391 e. The van der Waals surface area contributed by atoms with E-state index in [1.807, 2.05) is 14.1 Å². The Kier molecular flexibility index (Phi) is 5.85. The summed E-state index contributed by atoms with van der Waals surface area (Å²) in [6.07, 6.45) is 0.0425. The first kappa shape index (κ1) is 20.3. The number of aliphatic hydroxyl groups excluding tert-OH is 1. The number of amides is 1. The van der Waals surface area contributed by atoms with Crippen molar-refractivity contribution in [3.63, 3.8) is 0 Å². The third-order valence-corrected chi connectivity index (χ3v) is 7.57. The second-order valence-corrected chi connectivity index (χ2v) is 10.6. The maximum atomic E-state index is 12.1. The summed E-state index contributed by atoms with van der Waals surface area (Å²) in [5, 5.41) is 9.82. The van der Waals surface area contributed by atoms with Crippen LogP contribution in [-0.2, 0) is 24.7 Å². The second-order valence-electron chi connectivity index (χ2n) is 6.88. The number of aliphatic hydroxyl groups is 1. The van der Waals surface area contributed by atoms with E-state index in [1.165, 1.54) is 6.92 Å². The van der Waals surface area contributed by atoms with Crippen LogP contribution in [-0.4, -0.2) is 93.0 Å². The number of sulfone groups is 1. The van der Waals surface area contributed by atoms with Crippen LogP contribution in [0, 0.1) is 0 Å². The van der Waals surface area contributed by atoms with E-state index in [2.05, 4.69) is 5.32 Å². The highest BCUT2D eigenvalue weighted by molar-refractivity contribution is 7.94. The predicted molar refractivity (Wildman–Crippen MR) is 84.1 cm³/mol. The van der Waals surface area contributed by atoms with E-state index in [-0.39, 0.29) is 13.0 Å². The summed E-state index contributed by atoms with van der Waals surface area (Å²) in [6.45, 7) is 2.12. The zero-order valence-corrected chi connectivity index (χ0v) is 15.2. The number of quaternary nitrogens is 1. The SMILES string of the molecule is C[C@@]1(NC(=O)CC[N+](C)(C)CCO)CS(=O)(=O)C[C@H]1S(=O)(=O)O. The Labute approximate surface area is 136 Å². The van der Waals surface area contributed by atoms with Crippen LogP contribution in [0.25, 0.3) is 0 Å². The standard InChI is InChI=1S/C12H24N2O7S2/c1-12(9-22(17,18)8-10(12)23(19,20)21)13-11(16)4-5-14(2,3)6-7-15/h10,15H,4-9H2,1-3H3,(H-,13,16,19,20,21)/p+1/t10-,12-/m1/s1. The van der Waals surface area contributed by atoms with Crippen molar-refractivity contribution in [2.45, 2.75) is 24.1 Å². The lowest BCUT2D eigenvalue weighted by Gasteiger charge is -2.31. The minimum absolute atomic E-state index is 0.0323. The van der Waals surface area contributed by atoms with Gasteiger partial charge in [-0.15, -0.1) is 0 Å². The van der Waals surface area contributed by atoms with Crippen molar-refractivity contribution in [2.75, 3.05) is 45.3 Å². The number of nitrogens with zero attached hydrogens (tertiary/aromatic N) is 1. The fourth-order valence-corrected chi connectivity index (χ4v) is 7.07. The molecule has 0 bridgehead atoms. The van der Waals surface area contributed by atoms with Crippen molar-refractivity contribution < 1.29 is 35.8 Å². The van der Waals surface area contributed by atoms with E-state index in [0.717, 1.165) is 0 Å². The molecule has 1 aliphatic rings. The average Bonchev–Trinajstić information content (AvgIpc) is 2.56. The fraction of sp³-hybridized carbons (Fsp3) is 0.917. The maximum Gasteiger partial charge on any atom is 0.271 e. The number of nitrogens with one attached hydrogen (secondary N) is 1. The Morgan fingerprint density at radius 2 is 1.91 bits per heavy atom. The number of hydrogen-bond acceptors (Lipinski definition) is 6. The van der Waals surface area contributed by atoms with Gasteiger partial charge in [-0.25, -0.2) is 8.42 Å². The predicted octanol–water partition coefficient (Wildman–Crippen LogP) is -2.00. The second kappa shape index (κ2) is 6.63. The Bertz CT molecular complexity index is 657. The number of likely N-dealkylation sites (N-methyl/N-ethyl adjacent to an activating group) is 1. The lowest BCUT2D eigenvalue weighted by Crippen LogP contribution is -2.57. The molecule has 11 heteroatoms. The molecule has 0 radical (unpaired) electrons. The number of carbonyl (C=O) groups excluding carboxylic acids is 1. The van der Waals surface area contributed by atoms with Gasteiger partial charge in [-0.2, -0.15) is 8.42 Å². The van der Waals surface area contributed by atoms with Crippen molar-refractivity contribution in [2.24, 2.45) is 0 Å². The number of carbonyl (C=O) groups is 1. The Morgan fingerprint density at radius 3 is 2.39 bits per heavy atom. The highest BCUT2D eigenvalue weighted by Gasteiger charge is 2.54. The van der Waals surface area contributed by atoms with Crippen LogP contribution in [0.5, 0.6) is 0 Å². The first-order valence-corrected chi connectivity index (χ1v) is 10.4. The normalized spacial score (nSPS) is 27.8. The summed E-state index contributed by atoms with van der Waals surface area (Å²) in [4.78, 5) is 12.1. The van der Waals surface area contributed by atoms with Crippen LogP contribution in [0.2, 0.25) is 0 Å². The zero-order valence-electron chi connectivity index (χ0n) is 13.5. The van der Waals surface area contributed by atoms with Crippen LogP contribution in [0.3, 0.4) is 0 Å². The molecule has 0 aliphatic carbocycles. The molecule has 0 saturated carbocycles. The molecule has 1 rings (SSSR count). The smallest absolute Gasteiger partial charge is 0.271 e. The molecule has 0 unspecified atom stereocenters. The minimum atomic E-state index is -4.61. The van der Waals surface area contributed by atoms with E-state index in [0.29, 0.717) is 17.6 Å². The zero-order chi connectivity index (χ0) is 18.1. The van der Waals surface area contributed by atoms with Crippen molar-refractivity contribution in [3.8, 4) is 0 Å². The van der Waals surface area contributed by atoms with E-state index in [4.69, 9.17) is 5.11 Å². The molecule has 1 aliphatic heterocycles. The molecule has 0 aromatic heterocycles. The van der Waals surface area contributed by atoms with Gasteiger partial charge in [0.2, 0.25) is 5.91 Å². The summed E-state index contributed by atoms with van der Waals surface area (Å²) in [7, 11) is -4.63. The van der Waals surface area contributed by atoms with E-state index < -0.39 is 48.2 Å². The molecule has 1 fully saturated rings. The molecule has 1 amide bonds.